The summed E-state index contributed by atoms with van der Waals surface area (Å²) in [4.78, 5) is 28.0. The zero-order valence-electron chi connectivity index (χ0n) is 16.9. The fourth-order valence-electron chi connectivity index (χ4n) is 2.83. The minimum absolute atomic E-state index is 0. The van der Waals surface area contributed by atoms with Gasteiger partial charge in [0, 0.05) is 25.7 Å². The van der Waals surface area contributed by atoms with Crippen molar-refractivity contribution in [2.75, 3.05) is 14.1 Å². The lowest BCUT2D eigenvalue weighted by Crippen LogP contribution is -3.00. The average Bonchev–Trinajstić information content (AvgIpc) is 2.75. The van der Waals surface area contributed by atoms with E-state index in [1.54, 1.807) is 43.5 Å². The Balaban J connectivity index is 0.00000320. The Bertz CT molecular complexity index is 950. The molecule has 30 heavy (non-hydrogen) atoms. The molecule has 2 aromatic carbocycles. The second-order valence-electron chi connectivity index (χ2n) is 6.77. The number of aromatic nitrogens is 1. The lowest BCUT2D eigenvalue weighted by molar-refractivity contribution is -0.578. The highest BCUT2D eigenvalue weighted by Gasteiger charge is 2.21. The molecule has 0 fully saturated rings. The number of ether oxygens (including phenoxy) is 1. The van der Waals surface area contributed by atoms with Gasteiger partial charge in [0.1, 0.15) is 24.7 Å². The molecule has 7 heteroatoms. The minimum Gasteiger partial charge on any atom is -1.00 e. The summed E-state index contributed by atoms with van der Waals surface area (Å²) in [5, 5.41) is 0. The van der Waals surface area contributed by atoms with Crippen molar-refractivity contribution in [3.05, 3.63) is 96.3 Å². The van der Waals surface area contributed by atoms with Gasteiger partial charge >= 0.3 is 12.1 Å². The molecule has 0 saturated carbocycles. The third kappa shape index (κ3) is 6.32. The molecule has 0 N–H and O–H groups in total. The van der Waals surface area contributed by atoms with E-state index in [4.69, 9.17) is 4.74 Å². The van der Waals surface area contributed by atoms with Crippen LogP contribution in [0.15, 0.2) is 85.2 Å². The maximum Gasteiger partial charge on any atom is 0.497 e. The molecule has 0 aliphatic rings. The van der Waals surface area contributed by atoms with Crippen molar-refractivity contribution in [2.24, 2.45) is 0 Å². The van der Waals surface area contributed by atoms with E-state index in [-0.39, 0.29) is 18.4 Å². The predicted molar refractivity (Wildman–Crippen MR) is 109 cm³/mol. The normalized spacial score (nSPS) is 9.93. The zero-order chi connectivity index (χ0) is 20.6. The van der Waals surface area contributed by atoms with E-state index < -0.39 is 6.09 Å². The number of nitrogens with zero attached hydrogens (tertiary/aromatic N) is 3. The Hall–Kier alpha value is -3.38. The maximum atomic E-state index is 12.6. The monoisotopic (exact) mass is 425 g/mol. The van der Waals surface area contributed by atoms with Crippen LogP contribution >= 0.6 is 0 Å². The van der Waals surface area contributed by atoms with Gasteiger partial charge in [0.15, 0.2) is 0 Å². The summed E-state index contributed by atoms with van der Waals surface area (Å²) in [6.07, 6.45) is 2.71. The molecule has 0 spiro atoms. The predicted octanol–water partition coefficient (Wildman–Crippen LogP) is 0.709. The highest BCUT2D eigenvalue weighted by molar-refractivity contribution is 5.70. The number of carbonyl (C=O) groups excluding carboxylic acids is 2. The standard InChI is InChI=1S/C23H24N3O3.ClH/c1-24(17-19-9-5-3-6-10-19)22(27)26-15-13-21(14-16-26)29-23(28)25(2)18-20-11-7-4-8-12-20;/h3-16H,17-18H2,1-2H3;1H/q+1;/p-1. The molecule has 1 heterocycles. The van der Waals surface area contributed by atoms with Crippen molar-refractivity contribution >= 4 is 12.1 Å². The van der Waals surface area contributed by atoms with Gasteiger partial charge in [-0.3, -0.25) is 0 Å². The Kier molecular flexibility index (Phi) is 8.38. The molecule has 3 rings (SSSR count). The number of benzene rings is 2. The fraction of sp³-hybridized carbons (Fsp3) is 0.174. The van der Waals surface area contributed by atoms with E-state index in [0.717, 1.165) is 11.1 Å². The summed E-state index contributed by atoms with van der Waals surface area (Å²) in [6.45, 7) is 0.961. The summed E-state index contributed by atoms with van der Waals surface area (Å²) in [5.74, 6) is 0.379. The summed E-state index contributed by atoms with van der Waals surface area (Å²) in [6, 6.07) is 22.5. The summed E-state index contributed by atoms with van der Waals surface area (Å²) in [5.41, 5.74) is 2.07. The molecule has 0 radical (unpaired) electrons. The number of hydrogen-bond donors (Lipinski definition) is 0. The van der Waals surface area contributed by atoms with E-state index in [2.05, 4.69) is 0 Å². The van der Waals surface area contributed by atoms with Crippen LogP contribution in [0.5, 0.6) is 5.75 Å². The first-order valence-electron chi connectivity index (χ1n) is 9.30. The Morgan fingerprint density at radius 3 is 1.73 bits per heavy atom. The van der Waals surface area contributed by atoms with Gasteiger partial charge in [0.25, 0.3) is 0 Å². The summed E-state index contributed by atoms with van der Waals surface area (Å²) in [7, 11) is 3.43. The Labute approximate surface area is 182 Å². The van der Waals surface area contributed by atoms with Crippen LogP contribution in [0.25, 0.3) is 0 Å². The van der Waals surface area contributed by atoms with Crippen LogP contribution in [0.1, 0.15) is 11.1 Å². The van der Waals surface area contributed by atoms with E-state index in [1.165, 1.54) is 9.47 Å². The fourth-order valence-corrected chi connectivity index (χ4v) is 2.83. The molecule has 6 nitrogen and oxygen atoms in total. The van der Waals surface area contributed by atoms with Gasteiger partial charge in [-0.1, -0.05) is 60.7 Å². The topological polar surface area (TPSA) is 53.7 Å². The number of amides is 2. The van der Waals surface area contributed by atoms with Crippen molar-refractivity contribution in [1.82, 2.24) is 9.80 Å². The Morgan fingerprint density at radius 1 is 0.767 bits per heavy atom. The van der Waals surface area contributed by atoms with Crippen LogP contribution in [-0.2, 0) is 13.1 Å². The first-order chi connectivity index (χ1) is 14.0. The summed E-state index contributed by atoms with van der Waals surface area (Å²) < 4.78 is 6.84. The minimum atomic E-state index is -0.459. The largest absolute Gasteiger partial charge is 1.00 e. The third-order valence-electron chi connectivity index (χ3n) is 4.39. The molecular formula is C23H24ClN3O3. The SMILES string of the molecule is CN(Cc1ccccc1)C(=O)Oc1cc[n+](C(=O)N(C)Cc2ccccc2)cc1.[Cl-]. The Morgan fingerprint density at radius 2 is 1.23 bits per heavy atom. The van der Waals surface area contributed by atoms with Gasteiger partial charge < -0.3 is 22.0 Å². The van der Waals surface area contributed by atoms with E-state index in [0.29, 0.717) is 18.8 Å². The molecular weight excluding hydrogens is 402 g/mol. The highest BCUT2D eigenvalue weighted by Crippen LogP contribution is 2.10. The third-order valence-corrected chi connectivity index (χ3v) is 4.39. The smallest absolute Gasteiger partial charge is 0.497 e. The molecule has 156 valence electrons. The maximum absolute atomic E-state index is 12.6. The number of halogens is 1. The number of carbonyl (C=O) groups is 2. The van der Waals surface area contributed by atoms with Crippen LogP contribution in [0.3, 0.4) is 0 Å². The molecule has 1 aromatic heterocycles. The van der Waals surface area contributed by atoms with Crippen molar-refractivity contribution < 1.29 is 31.3 Å². The average molecular weight is 426 g/mol. The van der Waals surface area contributed by atoms with Crippen molar-refractivity contribution in [3.8, 4) is 5.75 Å². The number of pyridine rings is 1. The van der Waals surface area contributed by atoms with Crippen LogP contribution < -0.4 is 21.7 Å². The molecule has 0 atom stereocenters. The van der Waals surface area contributed by atoms with E-state index >= 15 is 0 Å². The number of hydrogen-bond acceptors (Lipinski definition) is 3. The van der Waals surface area contributed by atoms with Gasteiger partial charge in [-0.05, 0) is 11.1 Å². The van der Waals surface area contributed by atoms with Crippen molar-refractivity contribution in [2.45, 2.75) is 13.1 Å². The lowest BCUT2D eigenvalue weighted by atomic mass is 10.2. The van der Waals surface area contributed by atoms with Crippen LogP contribution in [0.4, 0.5) is 9.59 Å². The quantitative estimate of drug-likeness (QED) is 0.566. The first-order valence-corrected chi connectivity index (χ1v) is 9.30. The van der Waals surface area contributed by atoms with Crippen LogP contribution in [-0.4, -0.2) is 36.0 Å². The molecule has 2 amide bonds. The molecule has 0 aliphatic heterocycles. The molecule has 0 unspecified atom stereocenters. The lowest BCUT2D eigenvalue weighted by Gasteiger charge is -2.16. The second-order valence-corrected chi connectivity index (χ2v) is 6.77. The highest BCUT2D eigenvalue weighted by atomic mass is 35.5. The van der Waals surface area contributed by atoms with Gasteiger partial charge in [-0.15, -0.1) is 0 Å². The van der Waals surface area contributed by atoms with Gasteiger partial charge in [0.2, 0.25) is 0 Å². The van der Waals surface area contributed by atoms with Crippen LogP contribution in [0.2, 0.25) is 0 Å². The summed E-state index contributed by atoms with van der Waals surface area (Å²) >= 11 is 0. The molecule has 0 bridgehead atoms. The molecule has 0 aliphatic carbocycles. The van der Waals surface area contributed by atoms with Gasteiger partial charge in [0.05, 0.1) is 7.05 Å². The first kappa shape index (κ1) is 22.9. The molecule has 3 aromatic rings. The molecule has 0 saturated heterocycles. The van der Waals surface area contributed by atoms with E-state index in [9.17, 15) is 9.59 Å². The van der Waals surface area contributed by atoms with Crippen LogP contribution in [0, 0.1) is 0 Å². The zero-order valence-corrected chi connectivity index (χ0v) is 17.7. The second kappa shape index (κ2) is 11.0. The van der Waals surface area contributed by atoms with Gasteiger partial charge in [-0.2, -0.15) is 9.36 Å². The van der Waals surface area contributed by atoms with Crippen molar-refractivity contribution in [1.29, 1.82) is 0 Å². The van der Waals surface area contributed by atoms with Crippen molar-refractivity contribution in [3.63, 3.8) is 0 Å². The number of rotatable bonds is 5. The van der Waals surface area contributed by atoms with Gasteiger partial charge in [-0.25, -0.2) is 9.69 Å². The van der Waals surface area contributed by atoms with E-state index in [1.807, 2.05) is 60.7 Å².